The second-order valence-corrected chi connectivity index (χ2v) is 5.09. The van der Waals surface area contributed by atoms with Crippen LogP contribution in [0.3, 0.4) is 0 Å². The topological polar surface area (TPSA) is 48.9 Å². The van der Waals surface area contributed by atoms with Gasteiger partial charge in [-0.2, -0.15) is 0 Å². The van der Waals surface area contributed by atoms with Gasteiger partial charge in [-0.05, 0) is 40.7 Å². The molecule has 1 fully saturated rings. The standard InChI is InChI=1S/C14H30N4O/c1-5-15-14(16-9-10-19-6-2)17-11-12(3)18(4)13-7-8-13/h12-13H,5-11H2,1-4H3,(H2,15,16,17). The van der Waals surface area contributed by atoms with Crippen molar-refractivity contribution in [3.05, 3.63) is 0 Å². The molecule has 0 aromatic rings. The normalized spacial score (nSPS) is 17.6. The summed E-state index contributed by atoms with van der Waals surface area (Å²) in [5, 5.41) is 6.55. The number of nitrogens with one attached hydrogen (secondary N) is 2. The lowest BCUT2D eigenvalue weighted by Gasteiger charge is -2.23. The molecule has 1 unspecified atom stereocenters. The van der Waals surface area contributed by atoms with Crippen LogP contribution in [0.4, 0.5) is 0 Å². The highest BCUT2D eigenvalue weighted by molar-refractivity contribution is 5.79. The van der Waals surface area contributed by atoms with E-state index in [9.17, 15) is 0 Å². The van der Waals surface area contributed by atoms with Crippen molar-refractivity contribution in [2.24, 2.45) is 4.99 Å². The maximum absolute atomic E-state index is 5.31. The van der Waals surface area contributed by atoms with E-state index in [-0.39, 0.29) is 0 Å². The first-order valence-corrected chi connectivity index (χ1v) is 7.50. The Bertz CT molecular complexity index is 266. The van der Waals surface area contributed by atoms with Crippen molar-refractivity contribution < 1.29 is 4.74 Å². The van der Waals surface area contributed by atoms with E-state index in [0.717, 1.165) is 44.8 Å². The van der Waals surface area contributed by atoms with Crippen molar-refractivity contribution in [1.29, 1.82) is 0 Å². The summed E-state index contributed by atoms with van der Waals surface area (Å²) in [6.07, 6.45) is 2.69. The Kier molecular flexibility index (Phi) is 7.82. The molecule has 0 amide bonds. The van der Waals surface area contributed by atoms with E-state index in [1.807, 2.05) is 6.92 Å². The van der Waals surface area contributed by atoms with Crippen LogP contribution in [0.1, 0.15) is 33.6 Å². The molecule has 112 valence electrons. The zero-order valence-electron chi connectivity index (χ0n) is 12.9. The summed E-state index contributed by atoms with van der Waals surface area (Å²) in [5.74, 6) is 0.887. The van der Waals surface area contributed by atoms with Gasteiger partial charge in [0.25, 0.3) is 0 Å². The SMILES string of the molecule is CCNC(=NCC(C)N(C)C1CC1)NCCOCC. The number of aliphatic imine (C=N–C) groups is 1. The number of likely N-dealkylation sites (N-methyl/N-ethyl adjacent to an activating group) is 1. The predicted octanol–water partition coefficient (Wildman–Crippen LogP) is 1.06. The van der Waals surface area contributed by atoms with E-state index in [1.54, 1.807) is 0 Å². The largest absolute Gasteiger partial charge is 0.380 e. The van der Waals surface area contributed by atoms with Crippen molar-refractivity contribution >= 4 is 5.96 Å². The van der Waals surface area contributed by atoms with Gasteiger partial charge in [-0.25, -0.2) is 0 Å². The summed E-state index contributed by atoms with van der Waals surface area (Å²) in [6, 6.07) is 1.29. The van der Waals surface area contributed by atoms with Crippen molar-refractivity contribution in [3.63, 3.8) is 0 Å². The summed E-state index contributed by atoms with van der Waals surface area (Å²) >= 11 is 0. The van der Waals surface area contributed by atoms with Crippen molar-refractivity contribution in [3.8, 4) is 0 Å². The molecule has 0 spiro atoms. The van der Waals surface area contributed by atoms with E-state index < -0.39 is 0 Å². The molecule has 1 aliphatic rings. The van der Waals surface area contributed by atoms with Crippen LogP contribution in [-0.4, -0.2) is 62.8 Å². The molecule has 1 rings (SSSR count). The van der Waals surface area contributed by atoms with Gasteiger partial charge in [0.2, 0.25) is 0 Å². The Hall–Kier alpha value is -0.810. The number of ether oxygens (including phenoxy) is 1. The molecule has 0 bridgehead atoms. The number of guanidine groups is 1. The molecule has 1 atom stereocenters. The monoisotopic (exact) mass is 270 g/mol. The van der Waals surface area contributed by atoms with Gasteiger partial charge in [-0.15, -0.1) is 0 Å². The van der Waals surface area contributed by atoms with Crippen LogP contribution in [-0.2, 0) is 4.74 Å². The molecule has 5 nitrogen and oxygen atoms in total. The number of nitrogens with zero attached hydrogens (tertiary/aromatic N) is 2. The lowest BCUT2D eigenvalue weighted by atomic mass is 10.3. The van der Waals surface area contributed by atoms with Crippen LogP contribution >= 0.6 is 0 Å². The van der Waals surface area contributed by atoms with Crippen molar-refractivity contribution in [2.45, 2.75) is 45.7 Å². The minimum Gasteiger partial charge on any atom is -0.380 e. The van der Waals surface area contributed by atoms with E-state index >= 15 is 0 Å². The molecule has 0 aromatic heterocycles. The van der Waals surface area contributed by atoms with E-state index in [1.165, 1.54) is 12.8 Å². The average molecular weight is 270 g/mol. The molecule has 19 heavy (non-hydrogen) atoms. The van der Waals surface area contributed by atoms with Gasteiger partial charge in [0.05, 0.1) is 13.2 Å². The van der Waals surface area contributed by atoms with Crippen LogP contribution in [0, 0.1) is 0 Å². The highest BCUT2D eigenvalue weighted by Gasteiger charge is 2.28. The zero-order valence-corrected chi connectivity index (χ0v) is 12.9. The van der Waals surface area contributed by atoms with E-state index in [2.05, 4.69) is 41.4 Å². The van der Waals surface area contributed by atoms with Crippen molar-refractivity contribution in [2.75, 3.05) is 39.9 Å². The molecule has 0 radical (unpaired) electrons. The first-order chi connectivity index (χ1) is 9.19. The maximum atomic E-state index is 5.31. The minimum atomic E-state index is 0.495. The molecular weight excluding hydrogens is 240 g/mol. The van der Waals surface area contributed by atoms with Gasteiger partial charge >= 0.3 is 0 Å². The second kappa shape index (κ2) is 9.15. The molecule has 1 aliphatic carbocycles. The van der Waals surface area contributed by atoms with Crippen LogP contribution in [0.2, 0.25) is 0 Å². The molecule has 0 heterocycles. The quantitative estimate of drug-likeness (QED) is 0.374. The van der Waals surface area contributed by atoms with Crippen LogP contribution in [0.5, 0.6) is 0 Å². The highest BCUT2D eigenvalue weighted by atomic mass is 16.5. The lowest BCUT2D eigenvalue weighted by molar-refractivity contribution is 0.152. The number of hydrogen-bond donors (Lipinski definition) is 2. The van der Waals surface area contributed by atoms with Gasteiger partial charge < -0.3 is 15.4 Å². The Balaban J connectivity index is 2.29. The zero-order chi connectivity index (χ0) is 14.1. The number of rotatable bonds is 9. The summed E-state index contributed by atoms with van der Waals surface area (Å²) in [5.41, 5.74) is 0. The molecule has 5 heteroatoms. The highest BCUT2D eigenvalue weighted by Crippen LogP contribution is 2.26. The first-order valence-electron chi connectivity index (χ1n) is 7.50. The van der Waals surface area contributed by atoms with Gasteiger partial charge in [-0.3, -0.25) is 9.89 Å². The fourth-order valence-corrected chi connectivity index (χ4v) is 1.92. The number of hydrogen-bond acceptors (Lipinski definition) is 3. The fraction of sp³-hybridized carbons (Fsp3) is 0.929. The Morgan fingerprint density at radius 2 is 2.11 bits per heavy atom. The van der Waals surface area contributed by atoms with Crippen LogP contribution < -0.4 is 10.6 Å². The summed E-state index contributed by atoms with van der Waals surface area (Å²) in [4.78, 5) is 7.08. The maximum Gasteiger partial charge on any atom is 0.191 e. The van der Waals surface area contributed by atoms with Gasteiger partial charge in [-0.1, -0.05) is 0 Å². The third kappa shape index (κ3) is 6.78. The molecule has 2 N–H and O–H groups in total. The Morgan fingerprint density at radius 3 is 2.68 bits per heavy atom. The summed E-state index contributed by atoms with van der Waals surface area (Å²) < 4.78 is 5.31. The lowest BCUT2D eigenvalue weighted by Crippen LogP contribution is -2.40. The predicted molar refractivity (Wildman–Crippen MR) is 80.7 cm³/mol. The average Bonchev–Trinajstić information content (AvgIpc) is 3.24. The first kappa shape index (κ1) is 16.2. The van der Waals surface area contributed by atoms with Crippen molar-refractivity contribution in [1.82, 2.24) is 15.5 Å². The van der Waals surface area contributed by atoms with Gasteiger partial charge in [0.1, 0.15) is 0 Å². The van der Waals surface area contributed by atoms with Gasteiger partial charge in [0, 0.05) is 31.8 Å². The summed E-state index contributed by atoms with van der Waals surface area (Å²) in [7, 11) is 2.20. The third-order valence-corrected chi connectivity index (χ3v) is 3.42. The van der Waals surface area contributed by atoms with E-state index in [0.29, 0.717) is 6.04 Å². The molecule has 0 aromatic carbocycles. The summed E-state index contributed by atoms with van der Waals surface area (Å²) in [6.45, 7) is 10.3. The van der Waals surface area contributed by atoms with Crippen LogP contribution in [0.15, 0.2) is 4.99 Å². The Labute approximate surface area is 117 Å². The smallest absolute Gasteiger partial charge is 0.191 e. The molecule has 0 saturated heterocycles. The Morgan fingerprint density at radius 1 is 1.37 bits per heavy atom. The second-order valence-electron chi connectivity index (χ2n) is 5.09. The third-order valence-electron chi connectivity index (χ3n) is 3.42. The minimum absolute atomic E-state index is 0.495. The fourth-order valence-electron chi connectivity index (χ4n) is 1.92. The van der Waals surface area contributed by atoms with Crippen LogP contribution in [0.25, 0.3) is 0 Å². The molecule has 0 aliphatic heterocycles. The van der Waals surface area contributed by atoms with Gasteiger partial charge in [0.15, 0.2) is 5.96 Å². The molecular formula is C14H30N4O. The molecule has 1 saturated carbocycles. The van der Waals surface area contributed by atoms with E-state index in [4.69, 9.17) is 4.74 Å².